The number of aromatic amines is 1. The number of anilines is 1. The average Bonchev–Trinajstić information content (AvgIpc) is 3.38. The number of benzene rings is 1. The van der Waals surface area contributed by atoms with E-state index in [1.165, 1.54) is 21.9 Å². The zero-order valence-corrected chi connectivity index (χ0v) is 17.6. The molecule has 4 rings (SSSR count). The molecule has 8 heteroatoms. The highest BCUT2D eigenvalue weighted by Crippen LogP contribution is 2.20. The molecule has 0 fully saturated rings. The molecule has 0 unspecified atom stereocenters. The number of fused-ring (bicyclic) bond motifs is 1. The Hall–Kier alpha value is -3.26. The third-order valence-corrected chi connectivity index (χ3v) is 5.69. The maximum absolute atomic E-state index is 13.0. The van der Waals surface area contributed by atoms with Gasteiger partial charge in [-0.05, 0) is 49.2 Å². The van der Waals surface area contributed by atoms with Crippen molar-refractivity contribution in [3.8, 4) is 0 Å². The van der Waals surface area contributed by atoms with Crippen LogP contribution in [0.4, 0.5) is 5.69 Å². The summed E-state index contributed by atoms with van der Waals surface area (Å²) in [6.45, 7) is 4.21. The highest BCUT2D eigenvalue weighted by Gasteiger charge is 2.16. The lowest BCUT2D eigenvalue weighted by Crippen LogP contribution is -2.24. The summed E-state index contributed by atoms with van der Waals surface area (Å²) in [5.74, 6) is 0.618. The molecular formula is C22H22N4O3S. The number of H-pyrrole nitrogens is 1. The molecule has 0 aliphatic carbocycles. The van der Waals surface area contributed by atoms with Gasteiger partial charge in [-0.3, -0.25) is 14.2 Å². The van der Waals surface area contributed by atoms with E-state index in [0.29, 0.717) is 22.0 Å². The highest BCUT2D eigenvalue weighted by atomic mass is 32.2. The van der Waals surface area contributed by atoms with Gasteiger partial charge in [0.25, 0.3) is 5.56 Å². The van der Waals surface area contributed by atoms with Gasteiger partial charge in [-0.15, -0.1) is 0 Å². The fraction of sp³-hybridized carbons (Fsp3) is 0.227. The summed E-state index contributed by atoms with van der Waals surface area (Å²) < 4.78 is 6.93. The smallest absolute Gasteiger partial charge is 0.278 e. The second-order valence-corrected chi connectivity index (χ2v) is 7.91. The summed E-state index contributed by atoms with van der Waals surface area (Å²) in [6, 6.07) is 13.2. The van der Waals surface area contributed by atoms with Gasteiger partial charge in [0.05, 0.1) is 24.1 Å². The number of amides is 1. The predicted octanol–water partition coefficient (Wildman–Crippen LogP) is 3.97. The fourth-order valence-corrected chi connectivity index (χ4v) is 3.97. The van der Waals surface area contributed by atoms with Crippen molar-refractivity contribution in [3.63, 3.8) is 0 Å². The van der Waals surface area contributed by atoms with Crippen LogP contribution in [0.3, 0.4) is 0 Å². The Morgan fingerprint density at radius 1 is 1.27 bits per heavy atom. The number of thioether (sulfide) groups is 1. The van der Waals surface area contributed by atoms with E-state index in [1.807, 2.05) is 37.3 Å². The van der Waals surface area contributed by atoms with Crippen molar-refractivity contribution < 1.29 is 9.21 Å². The van der Waals surface area contributed by atoms with Crippen LogP contribution in [0.5, 0.6) is 0 Å². The molecule has 7 nitrogen and oxygen atoms in total. The van der Waals surface area contributed by atoms with Crippen molar-refractivity contribution in [2.75, 3.05) is 11.1 Å². The number of furan rings is 1. The minimum atomic E-state index is -0.192. The van der Waals surface area contributed by atoms with Crippen LogP contribution in [-0.2, 0) is 17.8 Å². The minimum Gasteiger partial charge on any atom is -0.467 e. The first-order valence-corrected chi connectivity index (χ1v) is 10.7. The van der Waals surface area contributed by atoms with Crippen molar-refractivity contribution in [1.82, 2.24) is 14.5 Å². The Morgan fingerprint density at radius 2 is 2.07 bits per heavy atom. The molecule has 2 N–H and O–H groups in total. The molecule has 30 heavy (non-hydrogen) atoms. The van der Waals surface area contributed by atoms with Crippen LogP contribution in [0.1, 0.15) is 23.9 Å². The van der Waals surface area contributed by atoms with Gasteiger partial charge in [0.2, 0.25) is 5.91 Å². The van der Waals surface area contributed by atoms with Gasteiger partial charge in [0, 0.05) is 11.4 Å². The largest absolute Gasteiger partial charge is 0.467 e. The van der Waals surface area contributed by atoms with Crippen LogP contribution < -0.4 is 10.9 Å². The van der Waals surface area contributed by atoms with Gasteiger partial charge >= 0.3 is 0 Å². The average molecular weight is 423 g/mol. The third kappa shape index (κ3) is 4.33. The molecule has 0 spiro atoms. The molecule has 0 atom stereocenters. The van der Waals surface area contributed by atoms with Crippen molar-refractivity contribution in [1.29, 1.82) is 0 Å². The fourth-order valence-electron chi connectivity index (χ4n) is 3.17. The first kappa shape index (κ1) is 20.0. The Bertz CT molecular complexity index is 1220. The third-order valence-electron chi connectivity index (χ3n) is 4.71. The maximum atomic E-state index is 13.0. The molecule has 3 aromatic heterocycles. The molecule has 154 valence electrons. The molecule has 0 radical (unpaired) electrons. The van der Waals surface area contributed by atoms with Crippen LogP contribution in [0, 0.1) is 6.92 Å². The molecular weight excluding hydrogens is 400 g/mol. The summed E-state index contributed by atoms with van der Waals surface area (Å²) in [6.07, 6.45) is 2.51. The number of aryl methyl sites for hydroxylation is 2. The van der Waals surface area contributed by atoms with Crippen LogP contribution in [0.2, 0.25) is 0 Å². The number of carbonyl (C=O) groups excluding carboxylic acids is 1. The Morgan fingerprint density at radius 3 is 2.77 bits per heavy atom. The number of nitrogens with zero attached hydrogens (tertiary/aromatic N) is 2. The maximum Gasteiger partial charge on any atom is 0.278 e. The summed E-state index contributed by atoms with van der Waals surface area (Å²) in [5.41, 5.74) is 3.66. The second-order valence-electron chi connectivity index (χ2n) is 6.96. The lowest BCUT2D eigenvalue weighted by molar-refractivity contribution is -0.113. The molecule has 0 saturated carbocycles. The number of carbonyl (C=O) groups is 1. The number of nitrogens with one attached hydrogen (secondary N) is 2. The van der Waals surface area contributed by atoms with E-state index in [9.17, 15) is 9.59 Å². The molecule has 0 bridgehead atoms. The molecule has 0 aliphatic heterocycles. The zero-order chi connectivity index (χ0) is 21.1. The lowest BCUT2D eigenvalue weighted by Gasteiger charge is -2.11. The quantitative estimate of drug-likeness (QED) is 0.347. The Balaban J connectivity index is 1.55. The summed E-state index contributed by atoms with van der Waals surface area (Å²) in [5, 5.41) is 3.36. The van der Waals surface area contributed by atoms with E-state index in [0.717, 1.165) is 17.8 Å². The standard InChI is InChI=1S/C22H22N4O3S/c1-3-15-6-8-16(9-7-15)24-19(27)13-30-22-25-18-11-14(2)23-20(18)21(28)26(22)12-17-5-4-10-29-17/h4-11,23H,3,12-13H2,1-2H3,(H,24,27). The van der Waals surface area contributed by atoms with Gasteiger partial charge < -0.3 is 14.7 Å². The van der Waals surface area contributed by atoms with E-state index in [2.05, 4.69) is 22.2 Å². The first-order chi connectivity index (χ1) is 14.5. The van der Waals surface area contributed by atoms with Gasteiger partial charge in [0.1, 0.15) is 11.3 Å². The number of aromatic nitrogens is 3. The second kappa shape index (κ2) is 8.62. The van der Waals surface area contributed by atoms with E-state index in [4.69, 9.17) is 4.42 Å². The summed E-state index contributed by atoms with van der Waals surface area (Å²) in [7, 11) is 0. The number of rotatable bonds is 7. The minimum absolute atomic E-state index is 0.134. The predicted molar refractivity (Wildman–Crippen MR) is 118 cm³/mol. The van der Waals surface area contributed by atoms with Crippen molar-refractivity contribution >= 4 is 34.4 Å². The molecule has 4 aromatic rings. The lowest BCUT2D eigenvalue weighted by atomic mass is 10.1. The van der Waals surface area contributed by atoms with Crippen LogP contribution in [-0.4, -0.2) is 26.2 Å². The molecule has 0 aliphatic rings. The molecule has 0 saturated heterocycles. The Labute approximate surface area is 177 Å². The van der Waals surface area contributed by atoms with Crippen molar-refractivity contribution in [2.24, 2.45) is 0 Å². The molecule has 3 heterocycles. The normalized spacial score (nSPS) is 11.1. The van der Waals surface area contributed by atoms with Gasteiger partial charge in [-0.2, -0.15) is 0 Å². The SMILES string of the molecule is CCc1ccc(NC(=O)CSc2nc3cc(C)[nH]c3c(=O)n2Cc2ccco2)cc1. The van der Waals surface area contributed by atoms with Crippen LogP contribution >= 0.6 is 11.8 Å². The van der Waals surface area contributed by atoms with Gasteiger partial charge in [-0.25, -0.2) is 4.98 Å². The monoisotopic (exact) mass is 422 g/mol. The van der Waals surface area contributed by atoms with Crippen molar-refractivity contribution in [2.45, 2.75) is 32.0 Å². The Kier molecular flexibility index (Phi) is 5.76. The first-order valence-electron chi connectivity index (χ1n) is 9.67. The number of hydrogen-bond acceptors (Lipinski definition) is 5. The van der Waals surface area contributed by atoms with E-state index < -0.39 is 0 Å². The van der Waals surface area contributed by atoms with E-state index in [-0.39, 0.29) is 23.8 Å². The van der Waals surface area contributed by atoms with E-state index >= 15 is 0 Å². The van der Waals surface area contributed by atoms with Crippen LogP contribution in [0.15, 0.2) is 63.1 Å². The van der Waals surface area contributed by atoms with Crippen molar-refractivity contribution in [3.05, 3.63) is 76.1 Å². The van der Waals surface area contributed by atoms with Gasteiger partial charge in [0.15, 0.2) is 5.16 Å². The van der Waals surface area contributed by atoms with Gasteiger partial charge in [-0.1, -0.05) is 30.8 Å². The number of hydrogen-bond donors (Lipinski definition) is 2. The zero-order valence-electron chi connectivity index (χ0n) is 16.8. The molecule has 1 amide bonds. The topological polar surface area (TPSA) is 92.9 Å². The van der Waals surface area contributed by atoms with Crippen LogP contribution in [0.25, 0.3) is 11.0 Å². The highest BCUT2D eigenvalue weighted by molar-refractivity contribution is 7.99. The molecule has 1 aromatic carbocycles. The van der Waals surface area contributed by atoms with E-state index in [1.54, 1.807) is 18.4 Å². The summed E-state index contributed by atoms with van der Waals surface area (Å²) in [4.78, 5) is 33.1. The summed E-state index contributed by atoms with van der Waals surface area (Å²) >= 11 is 1.23.